The molecule has 0 fully saturated rings. The lowest BCUT2D eigenvalue weighted by Crippen LogP contribution is -2.44. The molecule has 3 N–H and O–H groups in total. The zero-order valence-corrected chi connectivity index (χ0v) is 22.7. The minimum Gasteiger partial charge on any atom is -0.481 e. The number of sulfonamides is 1. The zero-order chi connectivity index (χ0) is 28.3. The number of hydrogen-bond acceptors (Lipinski definition) is 7. The maximum Gasteiger partial charge on any atom is 0.307 e. The molecule has 0 bridgehead atoms. The van der Waals surface area contributed by atoms with E-state index < -0.39 is 33.5 Å². The Morgan fingerprint density at radius 1 is 1.15 bits per heavy atom. The molecule has 210 valence electrons. The summed E-state index contributed by atoms with van der Waals surface area (Å²) >= 11 is 0. The first kappa shape index (κ1) is 27.3. The number of hydrogen-bond donors (Lipinski definition) is 3. The van der Waals surface area contributed by atoms with Crippen LogP contribution in [0, 0.1) is 5.82 Å². The van der Waals surface area contributed by atoms with Gasteiger partial charge in [-0.3, -0.25) is 9.10 Å². The van der Waals surface area contributed by atoms with E-state index in [0.717, 1.165) is 24.1 Å². The molecule has 2 unspecified atom stereocenters. The third-order valence-electron chi connectivity index (χ3n) is 6.93. The fourth-order valence-electron chi connectivity index (χ4n) is 5.26. The van der Waals surface area contributed by atoms with Gasteiger partial charge < -0.3 is 25.2 Å². The van der Waals surface area contributed by atoms with Crippen molar-refractivity contribution < 1.29 is 32.2 Å². The van der Waals surface area contributed by atoms with Crippen molar-refractivity contribution in [1.29, 1.82) is 0 Å². The van der Waals surface area contributed by atoms with Crippen molar-refractivity contribution in [2.75, 3.05) is 14.9 Å². The van der Waals surface area contributed by atoms with Crippen LogP contribution in [0.1, 0.15) is 39.0 Å². The number of allylic oxidation sites excluding steroid dienone is 3. The Morgan fingerprint density at radius 2 is 1.93 bits per heavy atom. The van der Waals surface area contributed by atoms with Crippen LogP contribution >= 0.6 is 0 Å². The van der Waals surface area contributed by atoms with E-state index in [4.69, 9.17) is 9.47 Å². The molecule has 11 heteroatoms. The minimum atomic E-state index is -4.29. The number of aliphatic carboxylic acids is 1. The van der Waals surface area contributed by atoms with E-state index >= 15 is 0 Å². The summed E-state index contributed by atoms with van der Waals surface area (Å²) in [6.07, 6.45) is 12.1. The van der Waals surface area contributed by atoms with Gasteiger partial charge in [0.15, 0.2) is 5.76 Å². The Balaban J connectivity index is 1.66. The fourth-order valence-corrected chi connectivity index (χ4v) is 6.88. The van der Waals surface area contributed by atoms with Crippen LogP contribution in [0.2, 0.25) is 0 Å². The first-order valence-corrected chi connectivity index (χ1v) is 14.4. The number of carboxylic acids is 1. The highest BCUT2D eigenvalue weighted by atomic mass is 32.2. The standard InChI is InChI=1S/C29H30FN3O6S/c1-2-14-29(18-27(34)35)31-24-13-10-22(17-25(24)32-29)33(40(36,37)23-11-8-21(30)9-12-23)28(20-6-4-3-5-7-20)26-19-38-15-16-39-26/h3-4,6,8-13,15-17,19,28,31-32H,2,5,7,14,18H2,1H3,(H,34,35). The quantitative estimate of drug-likeness (QED) is 0.328. The second-order valence-corrected chi connectivity index (χ2v) is 11.6. The van der Waals surface area contributed by atoms with E-state index in [-0.39, 0.29) is 17.1 Å². The molecule has 5 rings (SSSR count). The molecule has 1 aliphatic carbocycles. The van der Waals surface area contributed by atoms with E-state index in [2.05, 4.69) is 10.6 Å². The van der Waals surface area contributed by atoms with Crippen LogP contribution in [-0.2, 0) is 24.3 Å². The van der Waals surface area contributed by atoms with Crippen molar-refractivity contribution in [3.63, 3.8) is 0 Å². The number of rotatable bonds is 10. The molecule has 0 saturated heterocycles. The molecule has 9 nitrogen and oxygen atoms in total. The molecule has 2 aliphatic heterocycles. The predicted molar refractivity (Wildman–Crippen MR) is 149 cm³/mol. The molecule has 0 saturated carbocycles. The molecule has 0 aromatic heterocycles. The molecule has 2 aromatic carbocycles. The number of carboxylic acid groups (broad SMARTS) is 1. The number of ether oxygens (including phenoxy) is 2. The molecule has 3 aliphatic rings. The number of halogens is 1. The van der Waals surface area contributed by atoms with Crippen molar-refractivity contribution in [2.24, 2.45) is 0 Å². The van der Waals surface area contributed by atoms with Gasteiger partial charge >= 0.3 is 5.97 Å². The molecule has 0 radical (unpaired) electrons. The van der Waals surface area contributed by atoms with Gasteiger partial charge in [0, 0.05) is 0 Å². The number of fused-ring (bicyclic) bond motifs is 1. The molecule has 2 atom stereocenters. The summed E-state index contributed by atoms with van der Waals surface area (Å²) in [4.78, 5) is 11.6. The fraction of sp³-hybridized carbons (Fsp3) is 0.276. The maximum absolute atomic E-state index is 14.3. The van der Waals surface area contributed by atoms with Crippen LogP contribution < -0.4 is 14.9 Å². The highest BCUT2D eigenvalue weighted by molar-refractivity contribution is 7.92. The number of nitrogens with one attached hydrogen (secondary N) is 2. The van der Waals surface area contributed by atoms with Gasteiger partial charge in [-0.25, -0.2) is 12.8 Å². The van der Waals surface area contributed by atoms with E-state index in [9.17, 15) is 22.7 Å². The third kappa shape index (κ3) is 5.42. The molecule has 0 spiro atoms. The van der Waals surface area contributed by atoms with Gasteiger partial charge in [-0.2, -0.15) is 0 Å². The zero-order valence-electron chi connectivity index (χ0n) is 21.8. The van der Waals surface area contributed by atoms with Gasteiger partial charge in [0.2, 0.25) is 0 Å². The van der Waals surface area contributed by atoms with Gasteiger partial charge in [-0.15, -0.1) is 0 Å². The van der Waals surface area contributed by atoms with E-state index in [1.165, 1.54) is 35.2 Å². The second kappa shape index (κ2) is 11.1. The van der Waals surface area contributed by atoms with Crippen LogP contribution in [0.4, 0.5) is 21.5 Å². The van der Waals surface area contributed by atoms with Crippen LogP contribution in [0.3, 0.4) is 0 Å². The summed E-state index contributed by atoms with van der Waals surface area (Å²) in [7, 11) is -4.29. The maximum atomic E-state index is 14.3. The normalized spacial score (nSPS) is 20.1. The summed E-state index contributed by atoms with van der Waals surface area (Å²) in [6.45, 7) is 1.96. The lowest BCUT2D eigenvalue weighted by molar-refractivity contribution is -0.138. The van der Waals surface area contributed by atoms with E-state index in [1.807, 2.05) is 25.2 Å². The first-order chi connectivity index (χ1) is 19.2. The molecular weight excluding hydrogens is 537 g/mol. The van der Waals surface area contributed by atoms with Crippen molar-refractivity contribution in [1.82, 2.24) is 0 Å². The van der Waals surface area contributed by atoms with Crippen LogP contribution in [0.25, 0.3) is 0 Å². The summed E-state index contributed by atoms with van der Waals surface area (Å²) in [5.41, 5.74) is 1.40. The predicted octanol–water partition coefficient (Wildman–Crippen LogP) is 5.83. The van der Waals surface area contributed by atoms with Crippen molar-refractivity contribution in [3.05, 3.63) is 96.6 Å². The van der Waals surface area contributed by atoms with Gasteiger partial charge in [0.25, 0.3) is 10.0 Å². The molecule has 2 aromatic rings. The van der Waals surface area contributed by atoms with Crippen molar-refractivity contribution in [2.45, 2.75) is 55.6 Å². The Kier molecular flexibility index (Phi) is 7.57. The first-order valence-electron chi connectivity index (χ1n) is 13.0. The highest BCUT2D eigenvalue weighted by Crippen LogP contribution is 2.43. The highest BCUT2D eigenvalue weighted by Gasteiger charge is 2.41. The summed E-state index contributed by atoms with van der Waals surface area (Å²) in [5, 5.41) is 16.2. The Morgan fingerprint density at radius 3 is 2.58 bits per heavy atom. The summed E-state index contributed by atoms with van der Waals surface area (Å²) in [5.74, 6) is -1.26. The second-order valence-electron chi connectivity index (χ2n) is 9.79. The largest absolute Gasteiger partial charge is 0.481 e. The van der Waals surface area contributed by atoms with Crippen molar-refractivity contribution >= 4 is 33.1 Å². The van der Waals surface area contributed by atoms with E-state index in [0.29, 0.717) is 36.3 Å². The topological polar surface area (TPSA) is 117 Å². The molecule has 0 amide bonds. The van der Waals surface area contributed by atoms with Crippen molar-refractivity contribution in [3.8, 4) is 0 Å². The van der Waals surface area contributed by atoms with Gasteiger partial charge in [0.1, 0.15) is 36.3 Å². The Labute approximate surface area is 232 Å². The number of anilines is 3. The Hall–Kier alpha value is -4.25. The third-order valence-corrected chi connectivity index (χ3v) is 8.74. The number of nitrogens with zero attached hydrogens (tertiary/aromatic N) is 1. The summed E-state index contributed by atoms with van der Waals surface area (Å²) < 4.78 is 54.9. The van der Waals surface area contributed by atoms with Gasteiger partial charge in [-0.05, 0) is 67.3 Å². The van der Waals surface area contributed by atoms with Gasteiger partial charge in [-0.1, -0.05) is 31.6 Å². The SMILES string of the molecule is CCCC1(CC(=O)O)Nc2ccc(N(C(C3=CC=CCC3)C3=COC=CO3)S(=O)(=O)c3ccc(F)cc3)cc2N1. The van der Waals surface area contributed by atoms with Gasteiger partial charge in [0.05, 0.1) is 28.4 Å². The van der Waals surface area contributed by atoms with Crippen LogP contribution in [-0.4, -0.2) is 31.2 Å². The lowest BCUT2D eigenvalue weighted by Gasteiger charge is -2.36. The minimum absolute atomic E-state index is 0.100. The molecule has 2 heterocycles. The Bertz CT molecular complexity index is 1520. The monoisotopic (exact) mass is 567 g/mol. The number of benzene rings is 2. The van der Waals surface area contributed by atoms with Crippen LogP contribution in [0.15, 0.2) is 95.7 Å². The number of carbonyl (C=O) groups is 1. The van der Waals surface area contributed by atoms with E-state index in [1.54, 1.807) is 18.2 Å². The summed E-state index contributed by atoms with van der Waals surface area (Å²) in [6, 6.07) is 8.79. The average molecular weight is 568 g/mol. The van der Waals surface area contributed by atoms with Crippen LogP contribution in [0.5, 0.6) is 0 Å². The smallest absolute Gasteiger partial charge is 0.307 e. The molecular formula is C29H30FN3O6S. The molecule has 40 heavy (non-hydrogen) atoms. The lowest BCUT2D eigenvalue weighted by atomic mass is 9.96. The average Bonchev–Trinajstić information content (AvgIpc) is 3.29.